The number of aromatic nitrogens is 1. The molecule has 0 aliphatic carbocycles. The predicted molar refractivity (Wildman–Crippen MR) is 65.2 cm³/mol. The first kappa shape index (κ1) is 12.6. The Hall–Kier alpha value is -2.83. The van der Waals surface area contributed by atoms with Gasteiger partial charge in [-0.3, -0.25) is 14.9 Å². The van der Waals surface area contributed by atoms with E-state index in [0.717, 1.165) is 12.1 Å². The molecule has 0 atom stereocenters. The van der Waals surface area contributed by atoms with E-state index in [0.29, 0.717) is 0 Å². The highest BCUT2D eigenvalue weighted by molar-refractivity contribution is 6.04. The van der Waals surface area contributed by atoms with E-state index in [9.17, 15) is 19.3 Å². The summed E-state index contributed by atoms with van der Waals surface area (Å²) in [5.74, 6) is -1.28. The third kappa shape index (κ3) is 3.09. The molecule has 0 aliphatic rings. The Morgan fingerprint density at radius 3 is 2.68 bits per heavy atom. The quantitative estimate of drug-likeness (QED) is 0.522. The van der Waals surface area contributed by atoms with E-state index in [2.05, 4.69) is 10.3 Å². The lowest BCUT2D eigenvalue weighted by Crippen LogP contribution is -2.13. The lowest BCUT2D eigenvalue weighted by Gasteiger charge is -2.04. The van der Waals surface area contributed by atoms with E-state index in [-0.39, 0.29) is 17.1 Å². The van der Waals surface area contributed by atoms with Gasteiger partial charge in [0.15, 0.2) is 0 Å². The maximum Gasteiger partial charge on any atom is 0.270 e. The number of carbonyl (C=O) groups is 1. The number of anilines is 1. The number of rotatable bonds is 3. The predicted octanol–water partition coefficient (Wildman–Crippen LogP) is 2.38. The molecule has 1 amide bonds. The lowest BCUT2D eigenvalue weighted by atomic mass is 10.2. The first-order chi connectivity index (χ1) is 9.06. The molecule has 96 valence electrons. The second-order valence-corrected chi connectivity index (χ2v) is 3.61. The number of pyridine rings is 1. The summed E-state index contributed by atoms with van der Waals surface area (Å²) in [5, 5.41) is 12.9. The molecule has 1 N–H and O–H groups in total. The number of hydrogen-bond donors (Lipinski definition) is 1. The van der Waals surface area contributed by atoms with Crippen LogP contribution in [0.1, 0.15) is 10.4 Å². The van der Waals surface area contributed by atoms with Crippen LogP contribution in [0, 0.1) is 16.1 Å². The zero-order valence-electron chi connectivity index (χ0n) is 9.54. The summed E-state index contributed by atoms with van der Waals surface area (Å²) in [4.78, 5) is 25.3. The highest BCUT2D eigenvalue weighted by Gasteiger charge is 2.12. The highest BCUT2D eigenvalue weighted by atomic mass is 19.1. The fourth-order valence-electron chi connectivity index (χ4n) is 1.43. The molecule has 2 rings (SSSR count). The number of nitro groups is 1. The van der Waals surface area contributed by atoms with Crippen molar-refractivity contribution in [3.05, 3.63) is 64.1 Å². The van der Waals surface area contributed by atoms with Crippen molar-refractivity contribution in [3.8, 4) is 0 Å². The number of nitrogens with one attached hydrogen (secondary N) is 1. The fraction of sp³-hybridized carbons (Fsp3) is 0. The number of carbonyl (C=O) groups excluding carboxylic acids is 1. The van der Waals surface area contributed by atoms with Gasteiger partial charge in [0.25, 0.3) is 11.6 Å². The van der Waals surface area contributed by atoms with Crippen molar-refractivity contribution >= 4 is 17.4 Å². The summed E-state index contributed by atoms with van der Waals surface area (Å²) in [6, 6.07) is 9.17. The van der Waals surface area contributed by atoms with Gasteiger partial charge in [-0.2, -0.15) is 4.39 Å². The molecule has 0 fully saturated rings. The zero-order chi connectivity index (χ0) is 13.8. The summed E-state index contributed by atoms with van der Waals surface area (Å²) < 4.78 is 12.8. The molecule has 0 aliphatic heterocycles. The SMILES string of the molecule is O=C(Nc1cccc(F)n1)c1cccc([N+](=O)[O-])c1. The van der Waals surface area contributed by atoms with E-state index < -0.39 is 16.8 Å². The third-order valence-electron chi connectivity index (χ3n) is 2.28. The van der Waals surface area contributed by atoms with Gasteiger partial charge < -0.3 is 5.32 Å². The molecule has 0 bridgehead atoms. The van der Waals surface area contributed by atoms with Crippen molar-refractivity contribution in [3.63, 3.8) is 0 Å². The number of amides is 1. The molecule has 0 spiro atoms. The molecule has 0 saturated heterocycles. The molecular formula is C12H8FN3O3. The van der Waals surface area contributed by atoms with Gasteiger partial charge >= 0.3 is 0 Å². The zero-order valence-corrected chi connectivity index (χ0v) is 9.54. The van der Waals surface area contributed by atoms with E-state index in [1.54, 1.807) is 0 Å². The first-order valence-corrected chi connectivity index (χ1v) is 5.24. The molecule has 0 unspecified atom stereocenters. The number of benzene rings is 1. The minimum Gasteiger partial charge on any atom is -0.306 e. The topological polar surface area (TPSA) is 85.1 Å². The number of nitro benzene ring substituents is 1. The Kier molecular flexibility index (Phi) is 3.46. The third-order valence-corrected chi connectivity index (χ3v) is 2.28. The molecule has 0 radical (unpaired) electrons. The maximum atomic E-state index is 12.8. The van der Waals surface area contributed by atoms with Gasteiger partial charge in [-0.15, -0.1) is 0 Å². The largest absolute Gasteiger partial charge is 0.306 e. The Bertz CT molecular complexity index is 646. The maximum absolute atomic E-state index is 12.8. The number of hydrogen-bond acceptors (Lipinski definition) is 4. The first-order valence-electron chi connectivity index (χ1n) is 5.24. The van der Waals surface area contributed by atoms with Gasteiger partial charge in [-0.25, -0.2) is 4.98 Å². The van der Waals surface area contributed by atoms with Crippen molar-refractivity contribution in [1.29, 1.82) is 0 Å². The van der Waals surface area contributed by atoms with Crippen LogP contribution in [0.15, 0.2) is 42.5 Å². The molecule has 1 aromatic heterocycles. The van der Waals surface area contributed by atoms with E-state index in [1.165, 1.54) is 30.3 Å². The Balaban J connectivity index is 2.20. The van der Waals surface area contributed by atoms with Gasteiger partial charge in [0.1, 0.15) is 5.82 Å². The van der Waals surface area contributed by atoms with Crippen molar-refractivity contribution in [2.24, 2.45) is 0 Å². The summed E-state index contributed by atoms with van der Waals surface area (Å²) in [5.41, 5.74) is -0.0971. The monoisotopic (exact) mass is 261 g/mol. The van der Waals surface area contributed by atoms with Crippen LogP contribution in [0.3, 0.4) is 0 Å². The van der Waals surface area contributed by atoms with Gasteiger partial charge in [-0.1, -0.05) is 12.1 Å². The fourth-order valence-corrected chi connectivity index (χ4v) is 1.43. The van der Waals surface area contributed by atoms with E-state index in [1.807, 2.05) is 0 Å². The summed E-state index contributed by atoms with van der Waals surface area (Å²) in [6.07, 6.45) is 0. The van der Waals surface area contributed by atoms with Crippen molar-refractivity contribution in [1.82, 2.24) is 4.98 Å². The number of non-ortho nitro benzene ring substituents is 1. The van der Waals surface area contributed by atoms with Gasteiger partial charge in [-0.05, 0) is 18.2 Å². The normalized spacial score (nSPS) is 9.95. The van der Waals surface area contributed by atoms with Gasteiger partial charge in [0, 0.05) is 17.7 Å². The van der Waals surface area contributed by atoms with E-state index in [4.69, 9.17) is 0 Å². The summed E-state index contributed by atoms with van der Waals surface area (Å²) >= 11 is 0. The van der Waals surface area contributed by atoms with E-state index >= 15 is 0 Å². The molecule has 1 aromatic carbocycles. The van der Waals surface area contributed by atoms with Crippen molar-refractivity contribution in [2.75, 3.05) is 5.32 Å². The minimum atomic E-state index is -0.725. The van der Waals surface area contributed by atoms with Crippen LogP contribution >= 0.6 is 0 Å². The molecular weight excluding hydrogens is 253 g/mol. The minimum absolute atomic E-state index is 0.0384. The van der Waals surface area contributed by atoms with Crippen LogP contribution in [0.5, 0.6) is 0 Å². The molecule has 1 heterocycles. The molecule has 0 saturated carbocycles. The van der Waals surface area contributed by atoms with Gasteiger partial charge in [0.05, 0.1) is 4.92 Å². The number of nitrogens with zero attached hydrogens (tertiary/aromatic N) is 2. The molecule has 19 heavy (non-hydrogen) atoms. The Labute approximate surface area is 107 Å². The van der Waals surface area contributed by atoms with Crippen LogP contribution in [0.2, 0.25) is 0 Å². The van der Waals surface area contributed by atoms with Crippen molar-refractivity contribution in [2.45, 2.75) is 0 Å². The summed E-state index contributed by atoms with van der Waals surface area (Å²) in [6.45, 7) is 0. The summed E-state index contributed by atoms with van der Waals surface area (Å²) in [7, 11) is 0. The smallest absolute Gasteiger partial charge is 0.270 e. The molecule has 6 nitrogen and oxygen atoms in total. The molecule has 2 aromatic rings. The van der Waals surface area contributed by atoms with Crippen LogP contribution < -0.4 is 5.32 Å². The van der Waals surface area contributed by atoms with Gasteiger partial charge in [0.2, 0.25) is 5.95 Å². The Morgan fingerprint density at radius 1 is 1.26 bits per heavy atom. The number of halogens is 1. The Morgan fingerprint density at radius 2 is 2.00 bits per heavy atom. The van der Waals surface area contributed by atoms with Crippen LogP contribution in [0.4, 0.5) is 15.9 Å². The second kappa shape index (κ2) is 5.21. The van der Waals surface area contributed by atoms with Crippen LogP contribution in [-0.2, 0) is 0 Å². The average molecular weight is 261 g/mol. The van der Waals surface area contributed by atoms with Crippen molar-refractivity contribution < 1.29 is 14.1 Å². The standard InChI is InChI=1S/C12H8FN3O3/c13-10-5-2-6-11(14-10)15-12(17)8-3-1-4-9(7-8)16(18)19/h1-7H,(H,14,15,17). The lowest BCUT2D eigenvalue weighted by molar-refractivity contribution is -0.384. The average Bonchev–Trinajstić information content (AvgIpc) is 2.39. The van der Waals surface area contributed by atoms with Crippen LogP contribution in [0.25, 0.3) is 0 Å². The second-order valence-electron chi connectivity index (χ2n) is 3.61. The van der Waals surface area contributed by atoms with Crippen LogP contribution in [-0.4, -0.2) is 15.8 Å². The molecule has 7 heteroatoms. The highest BCUT2D eigenvalue weighted by Crippen LogP contribution is 2.14.